The number of nitrogen functional groups attached to an aromatic ring is 1. The van der Waals surface area contributed by atoms with Gasteiger partial charge in [0.15, 0.2) is 0 Å². The Morgan fingerprint density at radius 1 is 1.11 bits per heavy atom. The van der Waals surface area contributed by atoms with Crippen molar-refractivity contribution in [3.63, 3.8) is 0 Å². The maximum absolute atomic E-state index is 12.6. The average molecular weight is 501 g/mol. The lowest BCUT2D eigenvalue weighted by Crippen LogP contribution is -2.65. The highest BCUT2D eigenvalue weighted by Crippen LogP contribution is 2.38. The van der Waals surface area contributed by atoms with E-state index in [2.05, 4.69) is 0 Å². The summed E-state index contributed by atoms with van der Waals surface area (Å²) in [4.78, 5) is 22.5. The van der Waals surface area contributed by atoms with Crippen LogP contribution in [-0.2, 0) is 9.53 Å². The minimum Gasteiger partial charge on any atom is -0.465 e. The van der Waals surface area contributed by atoms with Gasteiger partial charge in [0.05, 0.1) is 6.61 Å². The van der Waals surface area contributed by atoms with E-state index in [0.29, 0.717) is 0 Å². The minimum atomic E-state index is -5.10. The van der Waals surface area contributed by atoms with Crippen LogP contribution in [0.4, 0.5) is 29.3 Å². The number of rotatable bonds is 6. The molecule has 11 nitrogen and oxygen atoms in total. The number of benzene rings is 2. The Hall–Kier alpha value is -3.59. The monoisotopic (exact) mass is 501 g/mol. The number of anilines is 2. The van der Waals surface area contributed by atoms with Gasteiger partial charge in [-0.3, -0.25) is 4.79 Å². The second-order valence-corrected chi connectivity index (χ2v) is 7.55. The third-order valence-corrected chi connectivity index (χ3v) is 5.14. The van der Waals surface area contributed by atoms with Crippen molar-refractivity contribution in [3.05, 3.63) is 42.5 Å². The van der Waals surface area contributed by atoms with Gasteiger partial charge in [0.1, 0.15) is 30.1 Å². The molecule has 0 bridgehead atoms. The Morgan fingerprint density at radius 2 is 1.80 bits per heavy atom. The first-order valence-corrected chi connectivity index (χ1v) is 10.1. The molecule has 35 heavy (non-hydrogen) atoms. The Kier molecular flexibility index (Phi) is 7.70. The van der Waals surface area contributed by atoms with Gasteiger partial charge in [0, 0.05) is 16.9 Å². The maximum Gasteiger partial charge on any atom is 0.471 e. The van der Waals surface area contributed by atoms with E-state index in [1.807, 2.05) is 5.32 Å². The van der Waals surface area contributed by atoms with Gasteiger partial charge >= 0.3 is 18.2 Å². The van der Waals surface area contributed by atoms with Crippen molar-refractivity contribution in [1.82, 2.24) is 5.32 Å². The molecule has 2 amide bonds. The Bertz CT molecular complexity index is 1080. The summed E-state index contributed by atoms with van der Waals surface area (Å²) in [5.74, 6) is -2.19. The largest absolute Gasteiger partial charge is 0.471 e. The summed E-state index contributed by atoms with van der Waals surface area (Å²) in [7, 11) is 0. The average Bonchev–Trinajstić information content (AvgIpc) is 2.78. The van der Waals surface area contributed by atoms with E-state index in [1.54, 1.807) is 5.32 Å². The lowest BCUT2D eigenvalue weighted by atomic mass is 9.97. The number of carboxylic acid groups (broad SMARTS) is 1. The van der Waals surface area contributed by atoms with Crippen LogP contribution in [0.2, 0.25) is 0 Å². The fourth-order valence-corrected chi connectivity index (χ4v) is 3.51. The van der Waals surface area contributed by atoms with Crippen molar-refractivity contribution in [2.24, 2.45) is 0 Å². The SMILES string of the molecule is Nc1cccc(O[C@@H]2OC(CO)[C@H](O)C(O)C2NC(=O)O)c1-c1cccc(NC(=O)C(F)(F)F)c1. The molecule has 14 heteroatoms. The van der Waals surface area contributed by atoms with Crippen LogP contribution in [0.5, 0.6) is 5.75 Å². The molecule has 1 aliphatic rings. The zero-order valence-electron chi connectivity index (χ0n) is 17.8. The predicted molar refractivity (Wildman–Crippen MR) is 114 cm³/mol. The quantitative estimate of drug-likeness (QED) is 0.283. The van der Waals surface area contributed by atoms with Gasteiger partial charge in [0.25, 0.3) is 0 Å². The first kappa shape index (κ1) is 26.0. The third kappa shape index (κ3) is 5.92. The lowest BCUT2D eigenvalue weighted by Gasteiger charge is -2.41. The number of nitrogens with two attached hydrogens (primary N) is 1. The predicted octanol–water partition coefficient (Wildman–Crippen LogP) is 0.891. The number of hydrogen-bond acceptors (Lipinski definition) is 8. The summed E-state index contributed by atoms with van der Waals surface area (Å²) in [6.07, 6.45) is -12.9. The highest BCUT2D eigenvalue weighted by molar-refractivity contribution is 5.96. The third-order valence-electron chi connectivity index (χ3n) is 5.14. The van der Waals surface area contributed by atoms with Crippen molar-refractivity contribution in [2.45, 2.75) is 36.8 Å². The van der Waals surface area contributed by atoms with E-state index in [0.717, 1.165) is 0 Å². The Balaban J connectivity index is 1.97. The van der Waals surface area contributed by atoms with Crippen LogP contribution in [0.3, 0.4) is 0 Å². The zero-order chi connectivity index (χ0) is 25.9. The minimum absolute atomic E-state index is 0.0215. The van der Waals surface area contributed by atoms with Crippen LogP contribution in [0.25, 0.3) is 11.1 Å². The summed E-state index contributed by atoms with van der Waals surface area (Å²) >= 11 is 0. The molecule has 0 spiro atoms. The number of aliphatic hydroxyl groups is 3. The van der Waals surface area contributed by atoms with Gasteiger partial charge in [-0.1, -0.05) is 18.2 Å². The first-order valence-electron chi connectivity index (χ1n) is 10.1. The molecule has 2 aromatic rings. The molecule has 5 atom stereocenters. The van der Waals surface area contributed by atoms with Gasteiger partial charge < -0.3 is 46.3 Å². The number of halogens is 3. The molecule has 0 aliphatic carbocycles. The van der Waals surface area contributed by atoms with Crippen molar-refractivity contribution in [1.29, 1.82) is 0 Å². The smallest absolute Gasteiger partial charge is 0.465 e. The molecule has 2 aromatic carbocycles. The topological polar surface area (TPSA) is 184 Å². The summed E-state index contributed by atoms with van der Waals surface area (Å²) in [5, 5.41) is 42.7. The molecule has 1 heterocycles. The Morgan fingerprint density at radius 3 is 2.43 bits per heavy atom. The number of nitrogens with one attached hydrogen (secondary N) is 2. The molecule has 1 fully saturated rings. The standard InChI is InChI=1S/C21H22F3N3O8/c22-21(23,24)19(31)26-10-4-1-3-9(7-10)14-11(25)5-2-6-12(14)34-18-15(27-20(32)33)17(30)16(29)13(8-28)35-18/h1-7,13,15-18,27-30H,8,25H2,(H,26,31)(H,32,33)/t13?,15?,16-,17?,18+/m0/s1. The summed E-state index contributed by atoms with van der Waals surface area (Å²) in [5.41, 5.74) is 6.39. The second-order valence-electron chi connectivity index (χ2n) is 7.55. The molecule has 1 saturated heterocycles. The number of aliphatic hydroxyl groups excluding tert-OH is 3. The molecule has 0 radical (unpaired) electrons. The molecule has 1 aliphatic heterocycles. The van der Waals surface area contributed by atoms with Gasteiger partial charge in [-0.15, -0.1) is 0 Å². The number of carbonyl (C=O) groups excluding carboxylic acids is 1. The van der Waals surface area contributed by atoms with Crippen LogP contribution in [-0.4, -0.2) is 75.9 Å². The van der Waals surface area contributed by atoms with Gasteiger partial charge in [0.2, 0.25) is 6.29 Å². The normalized spacial score (nSPS) is 24.5. The fourth-order valence-electron chi connectivity index (χ4n) is 3.51. The van der Waals surface area contributed by atoms with Crippen molar-refractivity contribution in [3.8, 4) is 16.9 Å². The van der Waals surface area contributed by atoms with Crippen molar-refractivity contribution >= 4 is 23.4 Å². The molecule has 3 unspecified atom stereocenters. The fraction of sp³-hybridized carbons (Fsp3) is 0.333. The van der Waals surface area contributed by atoms with Gasteiger partial charge in [-0.2, -0.15) is 13.2 Å². The van der Waals surface area contributed by atoms with Crippen LogP contribution < -0.4 is 21.1 Å². The van der Waals surface area contributed by atoms with Crippen LogP contribution >= 0.6 is 0 Å². The van der Waals surface area contributed by atoms with Crippen LogP contribution in [0.15, 0.2) is 42.5 Å². The van der Waals surface area contributed by atoms with Crippen LogP contribution in [0, 0.1) is 0 Å². The Labute approximate surface area is 195 Å². The lowest BCUT2D eigenvalue weighted by molar-refractivity contribution is -0.243. The first-order chi connectivity index (χ1) is 16.4. The zero-order valence-corrected chi connectivity index (χ0v) is 17.8. The van der Waals surface area contributed by atoms with E-state index >= 15 is 0 Å². The highest BCUT2D eigenvalue weighted by atomic mass is 19.4. The molecule has 3 rings (SSSR count). The molecule has 190 valence electrons. The van der Waals surface area contributed by atoms with Crippen LogP contribution in [0.1, 0.15) is 0 Å². The van der Waals surface area contributed by atoms with Gasteiger partial charge in [-0.05, 0) is 29.8 Å². The van der Waals surface area contributed by atoms with Crippen molar-refractivity contribution < 1.29 is 52.7 Å². The maximum atomic E-state index is 12.6. The number of alkyl halides is 3. The van der Waals surface area contributed by atoms with E-state index in [-0.39, 0.29) is 28.3 Å². The van der Waals surface area contributed by atoms with Crippen molar-refractivity contribution in [2.75, 3.05) is 17.7 Å². The summed E-state index contributed by atoms with van der Waals surface area (Å²) < 4.78 is 49.1. The number of ether oxygens (including phenoxy) is 2. The van der Waals surface area contributed by atoms with E-state index in [9.17, 15) is 38.1 Å². The second kappa shape index (κ2) is 10.4. The summed E-state index contributed by atoms with van der Waals surface area (Å²) in [6, 6.07) is 8.14. The molecular formula is C21H22F3N3O8. The number of hydrogen-bond donors (Lipinski definition) is 7. The van der Waals surface area contributed by atoms with Gasteiger partial charge in [-0.25, -0.2) is 4.79 Å². The molecular weight excluding hydrogens is 479 g/mol. The molecule has 0 saturated carbocycles. The molecule has 8 N–H and O–H groups in total. The van der Waals surface area contributed by atoms with E-state index in [4.69, 9.17) is 20.3 Å². The number of carbonyl (C=O) groups is 2. The van der Waals surface area contributed by atoms with E-state index in [1.165, 1.54) is 42.5 Å². The molecule has 0 aromatic heterocycles. The number of amides is 2. The highest BCUT2D eigenvalue weighted by Gasteiger charge is 2.46. The van der Waals surface area contributed by atoms with E-state index < -0.39 is 55.4 Å². The summed E-state index contributed by atoms with van der Waals surface area (Å²) in [6.45, 7) is -0.720.